The number of nitrogens with one attached hydrogen (secondary N) is 2. The van der Waals surface area contributed by atoms with Gasteiger partial charge in [0.25, 0.3) is 5.56 Å². The van der Waals surface area contributed by atoms with Crippen LogP contribution in [0.5, 0.6) is 5.75 Å². The van der Waals surface area contributed by atoms with Crippen LogP contribution >= 0.6 is 0 Å². The van der Waals surface area contributed by atoms with Crippen LogP contribution in [0.25, 0.3) is 23.2 Å². The van der Waals surface area contributed by atoms with E-state index in [2.05, 4.69) is 15.0 Å². The van der Waals surface area contributed by atoms with E-state index in [-0.39, 0.29) is 5.52 Å². The molecule has 0 bridgehead atoms. The van der Waals surface area contributed by atoms with Gasteiger partial charge in [-0.15, -0.1) is 0 Å². The van der Waals surface area contributed by atoms with Gasteiger partial charge in [-0.3, -0.25) is 9.78 Å². The second kappa shape index (κ2) is 5.69. The topological polar surface area (TPSA) is 87.8 Å². The zero-order valence-corrected chi connectivity index (χ0v) is 11.8. The number of pyridine rings is 1. The van der Waals surface area contributed by atoms with Gasteiger partial charge in [0.15, 0.2) is 5.52 Å². The molecule has 0 atom stereocenters. The van der Waals surface area contributed by atoms with Gasteiger partial charge in [0.05, 0.1) is 18.3 Å². The number of hydrogen-bond acceptors (Lipinski definition) is 4. The first-order chi connectivity index (χ1) is 10.7. The van der Waals surface area contributed by atoms with Crippen molar-refractivity contribution in [3.63, 3.8) is 0 Å². The average Bonchev–Trinajstić information content (AvgIpc) is 2.53. The lowest BCUT2D eigenvalue weighted by atomic mass is 10.2. The van der Waals surface area contributed by atoms with Crippen molar-refractivity contribution < 1.29 is 4.74 Å². The molecule has 2 aromatic heterocycles. The van der Waals surface area contributed by atoms with E-state index in [0.29, 0.717) is 11.2 Å². The first-order valence-electron chi connectivity index (χ1n) is 6.61. The van der Waals surface area contributed by atoms with Crippen LogP contribution < -0.4 is 16.0 Å². The molecule has 6 nitrogen and oxygen atoms in total. The smallest absolute Gasteiger partial charge is 0.326 e. The summed E-state index contributed by atoms with van der Waals surface area (Å²) in [6, 6.07) is 11.0. The van der Waals surface area contributed by atoms with Gasteiger partial charge in [0.1, 0.15) is 5.75 Å². The van der Waals surface area contributed by atoms with Crippen molar-refractivity contribution >= 4 is 23.2 Å². The number of fused-ring (bicyclic) bond motifs is 1. The Hall–Kier alpha value is -3.15. The predicted molar refractivity (Wildman–Crippen MR) is 84.9 cm³/mol. The van der Waals surface area contributed by atoms with Crippen molar-refractivity contribution in [3.8, 4) is 5.75 Å². The lowest BCUT2D eigenvalue weighted by Crippen LogP contribution is -2.22. The van der Waals surface area contributed by atoms with Gasteiger partial charge >= 0.3 is 5.69 Å². The molecule has 110 valence electrons. The Morgan fingerprint density at radius 3 is 2.50 bits per heavy atom. The number of benzene rings is 1. The Labute approximate surface area is 125 Å². The van der Waals surface area contributed by atoms with Crippen molar-refractivity contribution in [2.75, 3.05) is 7.11 Å². The van der Waals surface area contributed by atoms with Crippen LogP contribution in [0.1, 0.15) is 11.3 Å². The molecular weight excluding hydrogens is 282 g/mol. The predicted octanol–water partition coefficient (Wildman–Crippen LogP) is 1.79. The molecule has 0 aliphatic carbocycles. The van der Waals surface area contributed by atoms with Crippen LogP contribution in [0.2, 0.25) is 0 Å². The largest absolute Gasteiger partial charge is 0.497 e. The first kappa shape index (κ1) is 13.8. The lowest BCUT2D eigenvalue weighted by molar-refractivity contribution is 0.415. The molecule has 0 saturated carbocycles. The van der Waals surface area contributed by atoms with Crippen molar-refractivity contribution in [2.24, 2.45) is 0 Å². The average molecular weight is 295 g/mol. The van der Waals surface area contributed by atoms with Crippen molar-refractivity contribution in [1.29, 1.82) is 0 Å². The number of rotatable bonds is 3. The van der Waals surface area contributed by atoms with E-state index >= 15 is 0 Å². The second-order valence-electron chi connectivity index (χ2n) is 4.65. The summed E-state index contributed by atoms with van der Waals surface area (Å²) in [6.45, 7) is 0. The molecule has 0 saturated heterocycles. The van der Waals surface area contributed by atoms with Gasteiger partial charge in [-0.05, 0) is 35.9 Å². The quantitative estimate of drug-likeness (QED) is 0.771. The minimum atomic E-state index is -0.541. The second-order valence-corrected chi connectivity index (χ2v) is 4.65. The van der Waals surface area contributed by atoms with E-state index < -0.39 is 11.2 Å². The minimum absolute atomic E-state index is 0.205. The molecule has 3 aromatic rings. The Kier molecular flexibility index (Phi) is 3.57. The summed E-state index contributed by atoms with van der Waals surface area (Å²) in [4.78, 5) is 31.8. The Morgan fingerprint density at radius 1 is 1.00 bits per heavy atom. The van der Waals surface area contributed by atoms with Crippen molar-refractivity contribution in [1.82, 2.24) is 15.0 Å². The highest BCUT2D eigenvalue weighted by atomic mass is 16.5. The molecule has 0 spiro atoms. The Morgan fingerprint density at radius 2 is 1.77 bits per heavy atom. The minimum Gasteiger partial charge on any atom is -0.497 e. The highest BCUT2D eigenvalue weighted by Crippen LogP contribution is 2.14. The molecular formula is C16H13N3O3. The first-order valence-corrected chi connectivity index (χ1v) is 6.61. The SMILES string of the molecule is COc1ccc(/C=C/c2ccc3[nH]c(=O)[nH]c(=O)c3n2)cc1. The van der Waals surface area contributed by atoms with E-state index in [1.54, 1.807) is 25.3 Å². The molecule has 6 heteroatoms. The van der Waals surface area contributed by atoms with Crippen molar-refractivity contribution in [3.05, 3.63) is 68.5 Å². The maximum Gasteiger partial charge on any atom is 0.326 e. The third-order valence-corrected chi connectivity index (χ3v) is 3.17. The Bertz CT molecular complexity index is 953. The fourth-order valence-electron chi connectivity index (χ4n) is 2.05. The van der Waals surface area contributed by atoms with E-state index in [0.717, 1.165) is 11.3 Å². The van der Waals surface area contributed by atoms with E-state index in [1.807, 2.05) is 30.3 Å². The van der Waals surface area contributed by atoms with Crippen molar-refractivity contribution in [2.45, 2.75) is 0 Å². The molecule has 0 amide bonds. The normalized spacial score (nSPS) is 11.1. The van der Waals surface area contributed by atoms with Gasteiger partial charge in [0.2, 0.25) is 0 Å². The third kappa shape index (κ3) is 2.80. The summed E-state index contributed by atoms with van der Waals surface area (Å²) in [5.41, 5.74) is 1.19. The molecule has 0 fully saturated rings. The van der Waals surface area contributed by atoms with Gasteiger partial charge in [-0.25, -0.2) is 9.78 Å². The summed E-state index contributed by atoms with van der Waals surface area (Å²) in [6.07, 6.45) is 3.68. The van der Waals surface area contributed by atoms with Gasteiger partial charge in [0, 0.05) is 0 Å². The summed E-state index contributed by atoms with van der Waals surface area (Å²) >= 11 is 0. The van der Waals surface area contributed by atoms with Crippen LogP contribution in [-0.4, -0.2) is 22.1 Å². The van der Waals surface area contributed by atoms with Crippen LogP contribution in [0.4, 0.5) is 0 Å². The Balaban J connectivity index is 1.94. The molecule has 2 N–H and O–H groups in total. The highest BCUT2D eigenvalue weighted by molar-refractivity contribution is 5.76. The zero-order chi connectivity index (χ0) is 15.5. The molecule has 2 heterocycles. The van der Waals surface area contributed by atoms with Gasteiger partial charge < -0.3 is 9.72 Å². The zero-order valence-electron chi connectivity index (χ0n) is 11.8. The van der Waals surface area contributed by atoms with E-state index in [4.69, 9.17) is 4.74 Å². The third-order valence-electron chi connectivity index (χ3n) is 3.17. The molecule has 0 aliphatic rings. The number of aromatic amines is 2. The molecule has 3 rings (SSSR count). The molecule has 0 aliphatic heterocycles. The standard InChI is InChI=1S/C16H13N3O3/c1-22-12-7-3-10(4-8-12)2-5-11-6-9-13-14(17-11)15(20)19-16(21)18-13/h2-9H,1H3,(H2,18,19,20,21)/b5-2+. The highest BCUT2D eigenvalue weighted by Gasteiger charge is 2.02. The summed E-state index contributed by atoms with van der Waals surface area (Å²) in [7, 11) is 1.62. The van der Waals surface area contributed by atoms with Gasteiger partial charge in [-0.1, -0.05) is 18.2 Å². The summed E-state index contributed by atoms with van der Waals surface area (Å²) in [5, 5.41) is 0. The summed E-state index contributed by atoms with van der Waals surface area (Å²) < 4.78 is 5.10. The monoisotopic (exact) mass is 295 g/mol. The van der Waals surface area contributed by atoms with Crippen LogP contribution in [0, 0.1) is 0 Å². The fraction of sp³-hybridized carbons (Fsp3) is 0.0625. The lowest BCUT2D eigenvalue weighted by Gasteiger charge is -2.00. The molecule has 0 radical (unpaired) electrons. The van der Waals surface area contributed by atoms with E-state index in [1.165, 1.54) is 0 Å². The number of methoxy groups -OCH3 is 1. The van der Waals surface area contributed by atoms with Crippen LogP contribution in [0.15, 0.2) is 46.0 Å². The number of nitrogens with zero attached hydrogens (tertiary/aromatic N) is 1. The van der Waals surface area contributed by atoms with E-state index in [9.17, 15) is 9.59 Å². The van der Waals surface area contributed by atoms with Gasteiger partial charge in [-0.2, -0.15) is 0 Å². The maximum absolute atomic E-state index is 11.7. The summed E-state index contributed by atoms with van der Waals surface area (Å²) in [5.74, 6) is 0.788. The molecule has 22 heavy (non-hydrogen) atoms. The number of H-pyrrole nitrogens is 2. The fourth-order valence-corrected chi connectivity index (χ4v) is 2.05. The number of hydrogen-bond donors (Lipinski definition) is 2. The number of ether oxygens (including phenoxy) is 1. The molecule has 1 aromatic carbocycles. The van der Waals surface area contributed by atoms with Crippen LogP contribution in [0.3, 0.4) is 0 Å². The van der Waals surface area contributed by atoms with Crippen LogP contribution in [-0.2, 0) is 0 Å². The maximum atomic E-state index is 11.7. The number of aromatic nitrogens is 3. The molecule has 0 unspecified atom stereocenters.